The van der Waals surface area contributed by atoms with Crippen LogP contribution >= 0.6 is 23.2 Å². The molecule has 5 nitrogen and oxygen atoms in total. The van der Waals surface area contributed by atoms with E-state index in [1.165, 1.54) is 32.1 Å². The quantitative estimate of drug-likeness (QED) is 0.497. The summed E-state index contributed by atoms with van der Waals surface area (Å²) >= 11 is 12.9. The van der Waals surface area contributed by atoms with Gasteiger partial charge in [0.25, 0.3) is 0 Å². The minimum atomic E-state index is -0.443. The van der Waals surface area contributed by atoms with Crippen LogP contribution < -0.4 is 10.2 Å². The Balaban J connectivity index is 1.23. The van der Waals surface area contributed by atoms with Crippen molar-refractivity contribution >= 4 is 35.0 Å². The van der Waals surface area contributed by atoms with Crippen molar-refractivity contribution in [2.45, 2.75) is 83.4 Å². The summed E-state index contributed by atoms with van der Waals surface area (Å²) in [5.74, 6) is 1.53. The fourth-order valence-electron chi connectivity index (χ4n) is 5.41. The molecule has 1 heterocycles. The first-order valence-corrected chi connectivity index (χ1v) is 13.4. The number of piperazine rings is 1. The van der Waals surface area contributed by atoms with Crippen LogP contribution in [0.15, 0.2) is 18.2 Å². The number of hydrogen-bond acceptors (Lipinski definition) is 4. The molecule has 0 radical (unpaired) electrons. The number of carbonyl (C=O) groups is 1. The van der Waals surface area contributed by atoms with Gasteiger partial charge in [-0.3, -0.25) is 4.90 Å². The van der Waals surface area contributed by atoms with Crippen molar-refractivity contribution in [2.75, 3.05) is 31.1 Å². The number of halogens is 2. The number of anilines is 1. The van der Waals surface area contributed by atoms with E-state index in [9.17, 15) is 4.79 Å². The molecule has 0 bridgehead atoms. The molecule has 7 heteroatoms. The lowest BCUT2D eigenvalue weighted by Gasteiger charge is -2.44. The highest BCUT2D eigenvalue weighted by molar-refractivity contribution is 6.43. The number of nitrogens with one attached hydrogen (secondary N) is 1. The summed E-state index contributed by atoms with van der Waals surface area (Å²) in [5.41, 5.74) is 0.651. The number of amides is 1. The number of rotatable bonds is 6. The third kappa shape index (κ3) is 6.93. The molecule has 2 aliphatic carbocycles. The molecule has 0 aromatic heterocycles. The van der Waals surface area contributed by atoms with E-state index in [0.29, 0.717) is 16.1 Å². The molecule has 1 aromatic carbocycles. The molecule has 2 saturated carbocycles. The second kappa shape index (κ2) is 10.6. The number of alkyl carbamates (subject to hydrolysis) is 1. The summed E-state index contributed by atoms with van der Waals surface area (Å²) in [6.07, 6.45) is 8.08. The van der Waals surface area contributed by atoms with Gasteiger partial charge in [0.05, 0.1) is 15.7 Å². The van der Waals surface area contributed by atoms with Gasteiger partial charge < -0.3 is 15.0 Å². The van der Waals surface area contributed by atoms with E-state index in [1.54, 1.807) is 0 Å². The van der Waals surface area contributed by atoms with Gasteiger partial charge in [0.2, 0.25) is 0 Å². The van der Waals surface area contributed by atoms with Crippen molar-refractivity contribution in [1.82, 2.24) is 10.2 Å². The Labute approximate surface area is 209 Å². The average Bonchev–Trinajstić information content (AvgIpc) is 3.59. The Bertz CT molecular complexity index is 816. The minimum Gasteiger partial charge on any atom is -0.444 e. The molecule has 0 unspecified atom stereocenters. The summed E-state index contributed by atoms with van der Waals surface area (Å²) < 4.78 is 5.41. The lowest BCUT2D eigenvalue weighted by Crippen LogP contribution is -2.54. The highest BCUT2D eigenvalue weighted by Crippen LogP contribution is 2.42. The number of nitrogens with zero attached hydrogens (tertiary/aromatic N) is 2. The fraction of sp³-hybridized carbons (Fsp3) is 0.731. The molecule has 4 rings (SSSR count). The van der Waals surface area contributed by atoms with Gasteiger partial charge >= 0.3 is 6.09 Å². The second-order valence-corrected chi connectivity index (χ2v) is 11.9. The largest absolute Gasteiger partial charge is 0.444 e. The second-order valence-electron chi connectivity index (χ2n) is 11.1. The van der Waals surface area contributed by atoms with Crippen molar-refractivity contribution in [3.8, 4) is 0 Å². The van der Waals surface area contributed by atoms with Crippen molar-refractivity contribution in [2.24, 2.45) is 11.8 Å². The molecule has 1 aromatic rings. The van der Waals surface area contributed by atoms with Crippen LogP contribution in [0.25, 0.3) is 0 Å². The Kier molecular flexibility index (Phi) is 8.02. The third-order valence-electron chi connectivity index (χ3n) is 7.33. The summed E-state index contributed by atoms with van der Waals surface area (Å²) in [6, 6.07) is 6.77. The van der Waals surface area contributed by atoms with Gasteiger partial charge in [-0.05, 0) is 96.2 Å². The Morgan fingerprint density at radius 1 is 1.09 bits per heavy atom. The topological polar surface area (TPSA) is 44.8 Å². The number of ether oxygens (including phenoxy) is 1. The summed E-state index contributed by atoms with van der Waals surface area (Å²) in [6.45, 7) is 10.1. The number of hydrogen-bond donors (Lipinski definition) is 1. The Hall–Kier alpha value is -1.17. The summed E-state index contributed by atoms with van der Waals surface area (Å²) in [7, 11) is 0. The first-order chi connectivity index (χ1) is 15.7. The fourth-order valence-corrected chi connectivity index (χ4v) is 5.81. The van der Waals surface area contributed by atoms with E-state index in [2.05, 4.69) is 21.2 Å². The van der Waals surface area contributed by atoms with Crippen LogP contribution in [0.4, 0.5) is 10.5 Å². The van der Waals surface area contributed by atoms with Gasteiger partial charge in [0.15, 0.2) is 0 Å². The van der Waals surface area contributed by atoms with Crippen LogP contribution in [0.2, 0.25) is 10.0 Å². The van der Waals surface area contributed by atoms with Crippen molar-refractivity contribution < 1.29 is 9.53 Å². The van der Waals surface area contributed by atoms with Crippen LogP contribution in [0.1, 0.15) is 65.7 Å². The highest BCUT2D eigenvalue weighted by atomic mass is 35.5. The predicted octanol–water partition coefficient (Wildman–Crippen LogP) is 6.37. The molecule has 3 fully saturated rings. The van der Waals surface area contributed by atoms with Crippen LogP contribution in [0.5, 0.6) is 0 Å². The normalized spacial score (nSPS) is 26.8. The molecule has 1 N–H and O–H groups in total. The van der Waals surface area contributed by atoms with E-state index >= 15 is 0 Å². The molecule has 1 atom stereocenters. The lowest BCUT2D eigenvalue weighted by atomic mass is 9.84. The van der Waals surface area contributed by atoms with Crippen molar-refractivity contribution in [3.63, 3.8) is 0 Å². The van der Waals surface area contributed by atoms with Crippen molar-refractivity contribution in [3.05, 3.63) is 28.2 Å². The molecular weight excluding hydrogens is 457 g/mol. The number of benzene rings is 1. The standard InChI is InChI=1S/C26H39Cl2N3O2/c1-26(2,3)33-25(32)29-20-11-7-18(8-12-20)13-14-30-15-16-31(23(17-30)19-9-10-19)22-6-4-5-21(27)24(22)28/h4-6,18-20,23H,7-17H2,1-3H3,(H,29,32)/t18-,20-,23-/m0/s1. The predicted molar refractivity (Wildman–Crippen MR) is 136 cm³/mol. The van der Waals surface area contributed by atoms with E-state index in [-0.39, 0.29) is 12.1 Å². The lowest BCUT2D eigenvalue weighted by molar-refractivity contribution is 0.0485. The Morgan fingerprint density at radius 2 is 1.82 bits per heavy atom. The van der Waals surface area contributed by atoms with E-state index in [1.807, 2.05) is 32.9 Å². The maximum absolute atomic E-state index is 12.0. The highest BCUT2D eigenvalue weighted by Gasteiger charge is 2.39. The van der Waals surface area contributed by atoms with Gasteiger partial charge in [-0.15, -0.1) is 0 Å². The zero-order valence-electron chi connectivity index (χ0n) is 20.3. The molecule has 0 spiro atoms. The van der Waals surface area contributed by atoms with E-state index in [0.717, 1.165) is 56.5 Å². The van der Waals surface area contributed by atoms with Gasteiger partial charge in [-0.25, -0.2) is 4.79 Å². The first-order valence-electron chi connectivity index (χ1n) is 12.6. The molecule has 1 aliphatic heterocycles. The van der Waals surface area contributed by atoms with Gasteiger partial charge in [-0.2, -0.15) is 0 Å². The van der Waals surface area contributed by atoms with E-state index in [4.69, 9.17) is 27.9 Å². The molecule has 1 saturated heterocycles. The van der Waals surface area contributed by atoms with Crippen LogP contribution in [0, 0.1) is 11.8 Å². The SMILES string of the molecule is CC(C)(C)OC(=O)N[C@H]1CC[C@H](CCN2CCN(c3cccc(Cl)c3Cl)[C@H](C3CC3)C2)CC1. The molecular formula is C26H39Cl2N3O2. The zero-order valence-corrected chi connectivity index (χ0v) is 21.8. The van der Waals surface area contributed by atoms with Crippen LogP contribution in [-0.2, 0) is 4.74 Å². The average molecular weight is 497 g/mol. The van der Waals surface area contributed by atoms with Gasteiger partial charge in [-0.1, -0.05) is 29.3 Å². The molecule has 3 aliphatic rings. The summed E-state index contributed by atoms with van der Waals surface area (Å²) in [4.78, 5) is 17.2. The maximum atomic E-state index is 12.0. The van der Waals surface area contributed by atoms with Crippen LogP contribution in [-0.4, -0.2) is 54.9 Å². The van der Waals surface area contributed by atoms with Gasteiger partial charge in [0.1, 0.15) is 5.60 Å². The number of carbonyl (C=O) groups excluding carboxylic acids is 1. The van der Waals surface area contributed by atoms with Crippen LogP contribution in [0.3, 0.4) is 0 Å². The molecule has 1 amide bonds. The summed E-state index contributed by atoms with van der Waals surface area (Å²) in [5, 5.41) is 4.39. The zero-order chi connectivity index (χ0) is 23.6. The first kappa shape index (κ1) is 24.9. The smallest absolute Gasteiger partial charge is 0.407 e. The minimum absolute atomic E-state index is 0.251. The molecule has 33 heavy (non-hydrogen) atoms. The van der Waals surface area contributed by atoms with Crippen molar-refractivity contribution in [1.29, 1.82) is 0 Å². The van der Waals surface area contributed by atoms with E-state index < -0.39 is 5.60 Å². The monoisotopic (exact) mass is 495 g/mol. The third-order valence-corrected chi connectivity index (χ3v) is 8.14. The molecule has 184 valence electrons. The maximum Gasteiger partial charge on any atom is 0.407 e. The Morgan fingerprint density at radius 3 is 2.48 bits per heavy atom. The van der Waals surface area contributed by atoms with Gasteiger partial charge in [0, 0.05) is 31.7 Å².